The Morgan fingerprint density at radius 1 is 1.71 bits per heavy atom. The van der Waals surface area contributed by atoms with E-state index in [9.17, 15) is 0 Å². The van der Waals surface area contributed by atoms with E-state index in [2.05, 4.69) is 11.0 Å². The van der Waals surface area contributed by atoms with Gasteiger partial charge in [-0.3, -0.25) is 0 Å². The van der Waals surface area contributed by atoms with E-state index in [-0.39, 0.29) is 0 Å². The van der Waals surface area contributed by atoms with Crippen molar-refractivity contribution in [3.8, 4) is 0 Å². The molecule has 0 radical (unpaired) electrons. The van der Waals surface area contributed by atoms with Gasteiger partial charge in [-0.25, -0.2) is 5.84 Å². The van der Waals surface area contributed by atoms with Crippen LogP contribution in [0.2, 0.25) is 0 Å². The highest BCUT2D eigenvalue weighted by molar-refractivity contribution is 5.47. The maximum Gasteiger partial charge on any atom is 0.195 e. The summed E-state index contributed by atoms with van der Waals surface area (Å²) < 4.78 is 0. The summed E-state index contributed by atoms with van der Waals surface area (Å²) in [4.78, 5) is 0. The summed E-state index contributed by atoms with van der Waals surface area (Å²) in [6.07, 6.45) is 5.42. The number of hydrogen-bond acceptors (Lipinski definition) is 1. The second-order valence-corrected chi connectivity index (χ2v) is 0.981. The molecule has 0 aromatic carbocycles. The number of rotatable bonds is 1. The molecular formula is C5H9N2+. The zero-order valence-corrected chi connectivity index (χ0v) is 4.31. The molecule has 0 aliphatic rings. The van der Waals surface area contributed by atoms with E-state index in [1.807, 2.05) is 19.1 Å². The van der Waals surface area contributed by atoms with Gasteiger partial charge in [-0.2, -0.15) is 0 Å². The average molecular weight is 97.1 g/mol. The Kier molecular flexibility index (Phi) is 4.27. The van der Waals surface area contributed by atoms with Crippen LogP contribution >= 0.6 is 0 Å². The molecule has 0 saturated carbocycles. The molecule has 0 fully saturated rings. The third-order valence-electron chi connectivity index (χ3n) is 0.455. The van der Waals surface area contributed by atoms with Gasteiger partial charge < -0.3 is 0 Å². The fourth-order valence-corrected chi connectivity index (χ4v) is 0.192. The Hall–Kier alpha value is -1.01. The van der Waals surface area contributed by atoms with Crippen LogP contribution in [0.3, 0.4) is 0 Å². The average Bonchev–Trinajstić information content (AvgIpc) is 1.69. The molecule has 0 unspecified atom stereocenters. The SMILES string of the molecule is C/C=C/C=C=[NH+]N. The van der Waals surface area contributed by atoms with Crippen LogP contribution in [0.5, 0.6) is 0 Å². The minimum absolute atomic E-state index is 1.69. The molecule has 0 spiro atoms. The maximum absolute atomic E-state index is 4.84. The fraction of sp³-hybridized carbons (Fsp3) is 0.200. The molecule has 3 N–H and O–H groups in total. The van der Waals surface area contributed by atoms with E-state index < -0.39 is 0 Å². The molecule has 2 heteroatoms. The van der Waals surface area contributed by atoms with Crippen molar-refractivity contribution in [3.63, 3.8) is 0 Å². The lowest BCUT2D eigenvalue weighted by Crippen LogP contribution is -2.75. The first kappa shape index (κ1) is 5.99. The predicted molar refractivity (Wildman–Crippen MR) is 29.5 cm³/mol. The zero-order chi connectivity index (χ0) is 5.54. The number of nitrogens with two attached hydrogens (primary N) is 1. The lowest BCUT2D eigenvalue weighted by atomic mass is 10.5. The summed E-state index contributed by atoms with van der Waals surface area (Å²) in [6.45, 7) is 1.93. The van der Waals surface area contributed by atoms with Gasteiger partial charge in [-0.1, -0.05) is 17.3 Å². The fourth-order valence-electron chi connectivity index (χ4n) is 0.192. The Labute approximate surface area is 43.0 Å². The lowest BCUT2D eigenvalue weighted by Gasteiger charge is -1.55. The predicted octanol–water partition coefficient (Wildman–Crippen LogP) is -1.26. The molecule has 38 valence electrons. The van der Waals surface area contributed by atoms with E-state index in [4.69, 9.17) is 5.84 Å². The summed E-state index contributed by atoms with van der Waals surface area (Å²) in [5.74, 6) is 7.41. The molecule has 2 nitrogen and oxygen atoms in total. The maximum atomic E-state index is 4.84. The first-order valence-corrected chi connectivity index (χ1v) is 2.07. The van der Waals surface area contributed by atoms with Gasteiger partial charge in [0.25, 0.3) is 0 Å². The Balaban J connectivity index is 3.48. The molecule has 0 aromatic rings. The monoisotopic (exact) mass is 97.1 g/mol. The van der Waals surface area contributed by atoms with Crippen LogP contribution in [0.1, 0.15) is 6.92 Å². The smallest absolute Gasteiger partial charge is 0.195 e. The number of hydrogen-bond donors (Lipinski definition) is 2. The van der Waals surface area contributed by atoms with Crippen molar-refractivity contribution < 1.29 is 5.10 Å². The molecule has 0 saturated heterocycles. The molecule has 0 amide bonds. The molecule has 0 atom stereocenters. The molecule has 0 aromatic heterocycles. The highest BCUT2D eigenvalue weighted by atomic mass is 15.1. The summed E-state index contributed by atoms with van der Waals surface area (Å²) in [5.41, 5.74) is 0. The van der Waals surface area contributed by atoms with Crippen molar-refractivity contribution in [2.24, 2.45) is 5.84 Å². The van der Waals surface area contributed by atoms with Crippen molar-refractivity contribution in [2.75, 3.05) is 0 Å². The van der Waals surface area contributed by atoms with Crippen molar-refractivity contribution in [1.29, 1.82) is 0 Å². The van der Waals surface area contributed by atoms with Gasteiger partial charge in [-0.05, 0) is 6.92 Å². The third-order valence-corrected chi connectivity index (χ3v) is 0.455. The van der Waals surface area contributed by atoms with E-state index >= 15 is 0 Å². The molecule has 0 rings (SSSR count). The number of hydrazone groups is 1. The highest BCUT2D eigenvalue weighted by Crippen LogP contribution is 1.63. The number of nitrogens with one attached hydrogen (secondary N) is 1. The molecule has 0 heterocycles. The molecule has 0 bridgehead atoms. The van der Waals surface area contributed by atoms with Gasteiger partial charge in [0, 0.05) is 6.08 Å². The quantitative estimate of drug-likeness (QED) is 0.182. The second-order valence-electron chi connectivity index (χ2n) is 0.981. The van der Waals surface area contributed by atoms with Crippen LogP contribution in [0.15, 0.2) is 18.2 Å². The van der Waals surface area contributed by atoms with Crippen LogP contribution in [-0.4, -0.2) is 5.87 Å². The molecule has 0 aliphatic carbocycles. The van der Waals surface area contributed by atoms with Gasteiger partial charge in [0.2, 0.25) is 0 Å². The van der Waals surface area contributed by atoms with Crippen molar-refractivity contribution in [1.82, 2.24) is 0 Å². The summed E-state index contributed by atoms with van der Waals surface area (Å²) in [6, 6.07) is 0. The van der Waals surface area contributed by atoms with Crippen molar-refractivity contribution >= 4 is 5.87 Å². The van der Waals surface area contributed by atoms with Crippen LogP contribution in [0.4, 0.5) is 0 Å². The zero-order valence-electron chi connectivity index (χ0n) is 4.31. The van der Waals surface area contributed by atoms with Gasteiger partial charge in [0.1, 0.15) is 0 Å². The van der Waals surface area contributed by atoms with E-state index in [0.29, 0.717) is 0 Å². The molecule has 0 aliphatic heterocycles. The molecule has 7 heavy (non-hydrogen) atoms. The lowest BCUT2D eigenvalue weighted by molar-refractivity contribution is -0.461. The van der Waals surface area contributed by atoms with Gasteiger partial charge >= 0.3 is 0 Å². The highest BCUT2D eigenvalue weighted by Gasteiger charge is 1.54. The van der Waals surface area contributed by atoms with Gasteiger partial charge in [-0.15, -0.1) is 0 Å². The summed E-state index contributed by atoms with van der Waals surface area (Å²) >= 11 is 0. The van der Waals surface area contributed by atoms with Crippen LogP contribution in [0, 0.1) is 0 Å². The summed E-state index contributed by atoms with van der Waals surface area (Å²) in [7, 11) is 0. The van der Waals surface area contributed by atoms with Crippen molar-refractivity contribution in [3.05, 3.63) is 18.2 Å². The van der Waals surface area contributed by atoms with Gasteiger partial charge in [0.05, 0.1) is 0 Å². The largest absolute Gasteiger partial charge is 0.204 e. The van der Waals surface area contributed by atoms with Crippen molar-refractivity contribution in [2.45, 2.75) is 6.92 Å². The van der Waals surface area contributed by atoms with E-state index in [0.717, 1.165) is 0 Å². The van der Waals surface area contributed by atoms with Crippen LogP contribution < -0.4 is 10.9 Å². The Morgan fingerprint density at radius 3 is 2.86 bits per heavy atom. The number of allylic oxidation sites excluding steroid dienone is 3. The standard InChI is InChI=1S/C5H8N2/c1-2-3-4-5-7-6/h2-4H,6H2,1H3/p+1/b3-2+. The summed E-state index contributed by atoms with van der Waals surface area (Å²) in [5, 5.41) is 2.25. The third kappa shape index (κ3) is 4.99. The Bertz CT molecular complexity index is 107. The first-order valence-electron chi connectivity index (χ1n) is 2.07. The van der Waals surface area contributed by atoms with Crippen LogP contribution in [0.25, 0.3) is 0 Å². The van der Waals surface area contributed by atoms with Crippen LogP contribution in [-0.2, 0) is 0 Å². The minimum Gasteiger partial charge on any atom is -0.204 e. The first-order chi connectivity index (χ1) is 3.41. The Morgan fingerprint density at radius 2 is 2.43 bits per heavy atom. The molecular weight excluding hydrogens is 88.1 g/mol. The second kappa shape index (κ2) is 4.99. The van der Waals surface area contributed by atoms with E-state index in [1.165, 1.54) is 0 Å². The topological polar surface area (TPSA) is 40.0 Å². The normalized spacial score (nSPS) is 8.14. The van der Waals surface area contributed by atoms with Gasteiger partial charge in [0.15, 0.2) is 5.87 Å². The minimum atomic E-state index is 1.69. The number of hydrazine groups is 1. The van der Waals surface area contributed by atoms with E-state index in [1.54, 1.807) is 6.08 Å².